The number of aryl methyl sites for hydroxylation is 1. The van der Waals surface area contributed by atoms with Crippen molar-refractivity contribution in [2.75, 3.05) is 45.9 Å². The van der Waals surface area contributed by atoms with Crippen LogP contribution < -0.4 is 12.4 Å². The first-order chi connectivity index (χ1) is 15.4. The summed E-state index contributed by atoms with van der Waals surface area (Å²) >= 11 is 0. The molecule has 0 atom stereocenters. The molecule has 170 valence electrons. The van der Waals surface area contributed by atoms with E-state index in [0.717, 1.165) is 39.3 Å². The lowest BCUT2D eigenvalue weighted by Gasteiger charge is -2.35. The molecular weight excluding hydrogens is 416 g/mol. The summed E-state index contributed by atoms with van der Waals surface area (Å²) in [5.74, 6) is 0. The predicted octanol–water partition coefficient (Wildman–Crippen LogP) is 2.05. The van der Waals surface area contributed by atoms with Crippen molar-refractivity contribution in [1.82, 2.24) is 9.80 Å². The molecule has 0 unspecified atom stereocenters. The SMILES string of the molecule is [Cl-].c1ccc(CCCN2CCN(CCOC(c3ccccc3)c3ccccc3)CC2)cc1. The van der Waals surface area contributed by atoms with Gasteiger partial charge in [0.25, 0.3) is 0 Å². The van der Waals surface area contributed by atoms with Crippen LogP contribution in [-0.4, -0.2) is 55.7 Å². The van der Waals surface area contributed by atoms with Gasteiger partial charge in [0.05, 0.1) is 6.61 Å². The minimum absolute atomic E-state index is 0. The maximum atomic E-state index is 6.40. The van der Waals surface area contributed by atoms with E-state index in [1.807, 2.05) is 0 Å². The van der Waals surface area contributed by atoms with E-state index in [2.05, 4.69) is 101 Å². The Hall–Kier alpha value is -2.17. The summed E-state index contributed by atoms with van der Waals surface area (Å²) in [5, 5.41) is 0. The lowest BCUT2D eigenvalue weighted by molar-refractivity contribution is -0.00000757. The number of rotatable bonds is 10. The molecule has 3 nitrogen and oxygen atoms in total. The van der Waals surface area contributed by atoms with Crippen molar-refractivity contribution in [3.8, 4) is 0 Å². The largest absolute Gasteiger partial charge is 1.00 e. The van der Waals surface area contributed by atoms with Crippen LogP contribution in [0.5, 0.6) is 0 Å². The van der Waals surface area contributed by atoms with Gasteiger partial charge < -0.3 is 22.0 Å². The van der Waals surface area contributed by atoms with Crippen molar-refractivity contribution >= 4 is 0 Å². The number of benzene rings is 3. The van der Waals surface area contributed by atoms with Gasteiger partial charge >= 0.3 is 0 Å². The third-order valence-corrected chi connectivity index (χ3v) is 6.14. The van der Waals surface area contributed by atoms with E-state index in [1.54, 1.807) is 0 Å². The molecule has 3 aromatic rings. The van der Waals surface area contributed by atoms with Crippen molar-refractivity contribution in [1.29, 1.82) is 0 Å². The Kier molecular flexibility index (Phi) is 10.2. The van der Waals surface area contributed by atoms with Gasteiger partial charge in [0.15, 0.2) is 0 Å². The molecule has 0 saturated carbocycles. The molecule has 1 aliphatic rings. The van der Waals surface area contributed by atoms with E-state index in [4.69, 9.17) is 4.74 Å². The van der Waals surface area contributed by atoms with Gasteiger partial charge in [-0.2, -0.15) is 0 Å². The average molecular weight is 450 g/mol. The topological polar surface area (TPSA) is 15.7 Å². The quantitative estimate of drug-likeness (QED) is 0.471. The predicted molar refractivity (Wildman–Crippen MR) is 128 cm³/mol. The van der Waals surface area contributed by atoms with Gasteiger partial charge in [-0.15, -0.1) is 0 Å². The van der Waals surface area contributed by atoms with Gasteiger partial charge in [-0.3, -0.25) is 4.90 Å². The highest BCUT2D eigenvalue weighted by molar-refractivity contribution is 5.29. The molecule has 32 heavy (non-hydrogen) atoms. The fourth-order valence-corrected chi connectivity index (χ4v) is 4.33. The molecule has 4 rings (SSSR count). The smallest absolute Gasteiger partial charge is 0.108 e. The van der Waals surface area contributed by atoms with Gasteiger partial charge in [0, 0.05) is 32.7 Å². The van der Waals surface area contributed by atoms with Crippen LogP contribution in [-0.2, 0) is 11.2 Å². The maximum Gasteiger partial charge on any atom is 0.108 e. The molecule has 0 radical (unpaired) electrons. The van der Waals surface area contributed by atoms with Crippen molar-refractivity contribution in [2.24, 2.45) is 0 Å². The first kappa shape index (κ1) is 24.5. The third-order valence-electron chi connectivity index (χ3n) is 6.14. The number of ether oxygens (including phenoxy) is 1. The highest BCUT2D eigenvalue weighted by Crippen LogP contribution is 2.25. The Morgan fingerprint density at radius 3 is 1.62 bits per heavy atom. The Labute approximate surface area is 199 Å². The van der Waals surface area contributed by atoms with E-state index in [9.17, 15) is 0 Å². The van der Waals surface area contributed by atoms with Crippen molar-refractivity contribution in [2.45, 2.75) is 18.9 Å². The van der Waals surface area contributed by atoms with Gasteiger partial charge in [-0.25, -0.2) is 0 Å². The molecule has 0 N–H and O–H groups in total. The van der Waals surface area contributed by atoms with Crippen LogP contribution in [0.3, 0.4) is 0 Å². The van der Waals surface area contributed by atoms with Gasteiger partial charge in [-0.1, -0.05) is 91.0 Å². The number of nitrogens with zero attached hydrogens (tertiary/aromatic N) is 2. The second kappa shape index (κ2) is 13.4. The summed E-state index contributed by atoms with van der Waals surface area (Å²) in [5.41, 5.74) is 3.89. The Morgan fingerprint density at radius 1 is 0.625 bits per heavy atom. The zero-order chi connectivity index (χ0) is 21.1. The second-order valence-electron chi connectivity index (χ2n) is 8.34. The molecule has 1 fully saturated rings. The Morgan fingerprint density at radius 2 is 1.09 bits per heavy atom. The molecule has 1 aliphatic heterocycles. The van der Waals surface area contributed by atoms with Gasteiger partial charge in [0.1, 0.15) is 6.10 Å². The van der Waals surface area contributed by atoms with E-state index in [1.165, 1.54) is 36.1 Å². The molecule has 0 amide bonds. The lowest BCUT2D eigenvalue weighted by Crippen LogP contribution is -3.00. The summed E-state index contributed by atoms with van der Waals surface area (Å²) in [6, 6.07) is 31.9. The first-order valence-electron chi connectivity index (χ1n) is 11.6. The summed E-state index contributed by atoms with van der Waals surface area (Å²) in [6.07, 6.45) is 2.42. The van der Waals surface area contributed by atoms with E-state index in [0.29, 0.717) is 0 Å². The van der Waals surface area contributed by atoms with E-state index in [-0.39, 0.29) is 18.5 Å². The fourth-order valence-electron chi connectivity index (χ4n) is 4.33. The van der Waals surface area contributed by atoms with Crippen LogP contribution in [0.15, 0.2) is 91.0 Å². The monoisotopic (exact) mass is 449 g/mol. The lowest BCUT2D eigenvalue weighted by atomic mass is 10.0. The molecule has 0 aromatic heterocycles. The number of halogens is 1. The van der Waals surface area contributed by atoms with Gasteiger partial charge in [0.2, 0.25) is 0 Å². The molecule has 1 saturated heterocycles. The zero-order valence-electron chi connectivity index (χ0n) is 18.8. The van der Waals surface area contributed by atoms with Gasteiger partial charge in [-0.05, 0) is 36.1 Å². The standard InChI is InChI=1S/C28H34N2O.ClH/c1-4-11-25(12-5-1)13-10-18-29-19-21-30(22-20-29)23-24-31-28(26-14-6-2-7-15-26)27-16-8-3-9-17-27;/h1-9,11-12,14-17,28H,10,13,18-24H2;1H/p-1. The molecular formula is C28H34ClN2O-. The first-order valence-corrected chi connectivity index (χ1v) is 11.6. The van der Waals surface area contributed by atoms with Crippen LogP contribution >= 0.6 is 0 Å². The Bertz CT molecular complexity index is 828. The normalized spacial score (nSPS) is 14.9. The van der Waals surface area contributed by atoms with Crippen LogP contribution in [0.25, 0.3) is 0 Å². The summed E-state index contributed by atoms with van der Waals surface area (Å²) < 4.78 is 6.40. The molecule has 0 aliphatic carbocycles. The molecule has 1 heterocycles. The second-order valence-corrected chi connectivity index (χ2v) is 8.34. The zero-order valence-corrected chi connectivity index (χ0v) is 19.5. The minimum atomic E-state index is 0. The van der Waals surface area contributed by atoms with Crippen LogP contribution in [0, 0.1) is 0 Å². The van der Waals surface area contributed by atoms with Crippen LogP contribution in [0.2, 0.25) is 0 Å². The summed E-state index contributed by atoms with van der Waals surface area (Å²) in [7, 11) is 0. The van der Waals surface area contributed by atoms with E-state index < -0.39 is 0 Å². The van der Waals surface area contributed by atoms with Crippen molar-refractivity contribution in [3.05, 3.63) is 108 Å². The molecule has 0 spiro atoms. The number of hydrogen-bond acceptors (Lipinski definition) is 3. The number of hydrogen-bond donors (Lipinski definition) is 0. The van der Waals surface area contributed by atoms with Crippen molar-refractivity contribution in [3.63, 3.8) is 0 Å². The number of piperazine rings is 1. The molecule has 0 bridgehead atoms. The fraction of sp³-hybridized carbons (Fsp3) is 0.357. The summed E-state index contributed by atoms with van der Waals surface area (Å²) in [4.78, 5) is 5.15. The third kappa shape index (κ3) is 7.46. The highest BCUT2D eigenvalue weighted by Gasteiger charge is 2.18. The minimum Gasteiger partial charge on any atom is -1.00 e. The van der Waals surface area contributed by atoms with Crippen molar-refractivity contribution < 1.29 is 17.1 Å². The highest BCUT2D eigenvalue weighted by atomic mass is 35.5. The molecule has 3 aromatic carbocycles. The van der Waals surface area contributed by atoms with Crippen LogP contribution in [0.1, 0.15) is 29.2 Å². The van der Waals surface area contributed by atoms with Crippen LogP contribution in [0.4, 0.5) is 0 Å². The maximum absolute atomic E-state index is 6.40. The summed E-state index contributed by atoms with van der Waals surface area (Å²) in [6.45, 7) is 7.54. The Balaban J connectivity index is 0.00000289. The molecule has 4 heteroatoms. The average Bonchev–Trinajstić information content (AvgIpc) is 2.85. The van der Waals surface area contributed by atoms with E-state index >= 15 is 0 Å².